The Morgan fingerprint density at radius 2 is 1.91 bits per heavy atom. The van der Waals surface area contributed by atoms with Gasteiger partial charge in [-0.1, -0.05) is 24.3 Å². The molecule has 0 radical (unpaired) electrons. The highest BCUT2D eigenvalue weighted by atomic mass is 32.1. The van der Waals surface area contributed by atoms with E-state index in [0.717, 1.165) is 16.3 Å². The minimum atomic E-state index is -0.283. The second-order valence-electron chi connectivity index (χ2n) is 5.10. The van der Waals surface area contributed by atoms with Gasteiger partial charge in [-0.15, -0.1) is 0 Å². The summed E-state index contributed by atoms with van der Waals surface area (Å²) < 4.78 is 7.47. The molecule has 0 aliphatic rings. The van der Waals surface area contributed by atoms with Crippen molar-refractivity contribution in [2.24, 2.45) is 0 Å². The van der Waals surface area contributed by atoms with E-state index in [1.165, 1.54) is 6.07 Å². The van der Waals surface area contributed by atoms with Gasteiger partial charge < -0.3 is 14.4 Å². The zero-order valence-electron chi connectivity index (χ0n) is 12.6. The predicted molar refractivity (Wildman–Crippen MR) is 92.5 cm³/mol. The van der Waals surface area contributed by atoms with Gasteiger partial charge in [0.05, 0.1) is 19.4 Å². The third kappa shape index (κ3) is 2.91. The summed E-state index contributed by atoms with van der Waals surface area (Å²) in [6.07, 6.45) is 0. The smallest absolute Gasteiger partial charge is 0.252 e. The summed E-state index contributed by atoms with van der Waals surface area (Å²) in [6.45, 7) is 0.212. The highest BCUT2D eigenvalue weighted by molar-refractivity contribution is 7.71. The van der Waals surface area contributed by atoms with Crippen molar-refractivity contribution in [3.63, 3.8) is 0 Å². The van der Waals surface area contributed by atoms with Crippen LogP contribution in [0.1, 0.15) is 0 Å². The summed E-state index contributed by atoms with van der Waals surface area (Å²) in [5, 5.41) is 11.4. The Kier molecular flexibility index (Phi) is 4.27. The molecule has 0 saturated carbocycles. The first kappa shape index (κ1) is 15.5. The largest absolute Gasteiger partial charge is 0.496 e. The molecule has 0 fully saturated rings. The molecular weight excluding hydrogens is 312 g/mol. The van der Waals surface area contributed by atoms with Crippen LogP contribution < -0.4 is 10.3 Å². The Labute approximate surface area is 137 Å². The number of aliphatic hydroxyl groups excluding tert-OH is 1. The molecule has 0 atom stereocenters. The topological polar surface area (TPSA) is 67.2 Å². The van der Waals surface area contributed by atoms with Crippen LogP contribution in [0.15, 0.2) is 47.3 Å². The first-order valence-corrected chi connectivity index (χ1v) is 7.57. The van der Waals surface area contributed by atoms with Gasteiger partial charge in [0, 0.05) is 18.2 Å². The number of nitrogens with zero attached hydrogens (tertiary/aromatic N) is 1. The van der Waals surface area contributed by atoms with E-state index in [9.17, 15) is 9.90 Å². The lowest BCUT2D eigenvalue weighted by atomic mass is 10.0. The lowest BCUT2D eigenvalue weighted by Gasteiger charge is -2.16. The summed E-state index contributed by atoms with van der Waals surface area (Å²) >= 11 is 5.22. The number of fused-ring (bicyclic) bond motifs is 1. The molecule has 2 N–H and O–H groups in total. The van der Waals surface area contributed by atoms with Crippen LogP contribution >= 0.6 is 12.2 Å². The van der Waals surface area contributed by atoms with Crippen molar-refractivity contribution in [3.8, 4) is 17.0 Å². The normalized spacial score (nSPS) is 10.9. The third-order valence-corrected chi connectivity index (χ3v) is 4.02. The maximum absolute atomic E-state index is 11.9. The van der Waals surface area contributed by atoms with Gasteiger partial charge in [0.15, 0.2) is 4.77 Å². The van der Waals surface area contributed by atoms with Crippen molar-refractivity contribution in [3.05, 3.63) is 57.6 Å². The lowest BCUT2D eigenvalue weighted by molar-refractivity contribution is 0.275. The van der Waals surface area contributed by atoms with Crippen molar-refractivity contribution >= 4 is 23.0 Å². The van der Waals surface area contributed by atoms with E-state index in [-0.39, 0.29) is 16.9 Å². The molecule has 0 unspecified atom stereocenters. The highest BCUT2D eigenvalue weighted by Gasteiger charge is 2.13. The van der Waals surface area contributed by atoms with E-state index in [0.29, 0.717) is 18.0 Å². The number of aromatic nitrogens is 2. The van der Waals surface area contributed by atoms with Gasteiger partial charge in [-0.2, -0.15) is 0 Å². The van der Waals surface area contributed by atoms with Crippen molar-refractivity contribution in [1.82, 2.24) is 9.55 Å². The van der Waals surface area contributed by atoms with E-state index < -0.39 is 0 Å². The highest BCUT2D eigenvalue weighted by Crippen LogP contribution is 2.33. The van der Waals surface area contributed by atoms with E-state index in [4.69, 9.17) is 17.0 Å². The first-order valence-electron chi connectivity index (χ1n) is 7.16. The van der Waals surface area contributed by atoms with Gasteiger partial charge in [0.1, 0.15) is 5.75 Å². The molecule has 2 aromatic carbocycles. The van der Waals surface area contributed by atoms with Crippen LogP contribution in [0.2, 0.25) is 0 Å². The summed E-state index contributed by atoms with van der Waals surface area (Å²) in [4.78, 5) is 14.4. The molecule has 23 heavy (non-hydrogen) atoms. The molecule has 0 amide bonds. The first-order chi connectivity index (χ1) is 11.1. The van der Waals surface area contributed by atoms with Gasteiger partial charge in [0.25, 0.3) is 5.56 Å². The lowest BCUT2D eigenvalue weighted by Crippen LogP contribution is -2.16. The summed E-state index contributed by atoms with van der Waals surface area (Å²) in [5.41, 5.74) is 1.10. The van der Waals surface area contributed by atoms with E-state index in [1.54, 1.807) is 11.7 Å². The number of methoxy groups -OCH3 is 1. The van der Waals surface area contributed by atoms with Crippen molar-refractivity contribution in [1.29, 1.82) is 0 Å². The molecule has 3 aromatic rings. The standard InChI is InChI=1S/C17H16N2O3S/c1-22-15-9-12-5-3-2-4-11(12)8-13(15)14-10-16(21)18-17(23)19(14)6-7-20/h2-5,8-10,20H,6-7H2,1H3,(H,18,21,23). The molecule has 1 aromatic heterocycles. The Morgan fingerprint density at radius 1 is 1.22 bits per heavy atom. The molecule has 0 bridgehead atoms. The van der Waals surface area contributed by atoms with Gasteiger partial charge in [-0.25, -0.2) is 0 Å². The number of aliphatic hydroxyl groups is 1. The molecular formula is C17H16N2O3S. The van der Waals surface area contributed by atoms with Gasteiger partial charge in [0.2, 0.25) is 0 Å². The van der Waals surface area contributed by atoms with Crippen LogP contribution in [0.5, 0.6) is 5.75 Å². The number of hydrogen-bond acceptors (Lipinski definition) is 4. The average Bonchev–Trinajstić information content (AvgIpc) is 2.56. The number of nitrogens with one attached hydrogen (secondary N) is 1. The third-order valence-electron chi connectivity index (χ3n) is 3.70. The second-order valence-corrected chi connectivity index (χ2v) is 5.49. The minimum absolute atomic E-state index is 0.0801. The number of hydrogen-bond donors (Lipinski definition) is 2. The summed E-state index contributed by atoms with van der Waals surface area (Å²) in [5.74, 6) is 0.649. The number of benzene rings is 2. The molecule has 0 saturated heterocycles. The fourth-order valence-electron chi connectivity index (χ4n) is 2.65. The number of rotatable bonds is 4. The fraction of sp³-hybridized carbons (Fsp3) is 0.176. The molecule has 118 valence electrons. The molecule has 5 nitrogen and oxygen atoms in total. The molecule has 0 spiro atoms. The molecule has 6 heteroatoms. The van der Waals surface area contributed by atoms with Crippen LogP contribution in [-0.2, 0) is 6.54 Å². The SMILES string of the molecule is COc1cc2ccccc2cc1-c1cc(=O)[nH]c(=S)n1CCO. The Balaban J connectivity index is 2.35. The van der Waals surface area contributed by atoms with Crippen LogP contribution in [0.4, 0.5) is 0 Å². The Morgan fingerprint density at radius 3 is 2.57 bits per heavy atom. The van der Waals surface area contributed by atoms with Crippen LogP contribution in [0.25, 0.3) is 22.0 Å². The van der Waals surface area contributed by atoms with E-state index in [1.807, 2.05) is 36.4 Å². The minimum Gasteiger partial charge on any atom is -0.496 e. The zero-order chi connectivity index (χ0) is 16.4. The van der Waals surface area contributed by atoms with Gasteiger partial charge in [-0.3, -0.25) is 9.78 Å². The molecule has 0 aliphatic heterocycles. The van der Waals surface area contributed by atoms with Crippen molar-refractivity contribution < 1.29 is 9.84 Å². The quantitative estimate of drug-likeness (QED) is 0.723. The maximum atomic E-state index is 11.9. The van der Waals surface area contributed by atoms with Crippen LogP contribution in [-0.4, -0.2) is 28.4 Å². The van der Waals surface area contributed by atoms with E-state index in [2.05, 4.69) is 4.98 Å². The summed E-state index contributed by atoms with van der Waals surface area (Å²) in [6, 6.07) is 13.3. The average molecular weight is 328 g/mol. The van der Waals surface area contributed by atoms with Gasteiger partial charge in [-0.05, 0) is 35.1 Å². The zero-order valence-corrected chi connectivity index (χ0v) is 13.4. The second kappa shape index (κ2) is 6.36. The Hall–Kier alpha value is -2.44. The maximum Gasteiger partial charge on any atom is 0.252 e. The fourth-order valence-corrected chi connectivity index (χ4v) is 2.94. The monoisotopic (exact) mass is 328 g/mol. The molecule has 1 heterocycles. The summed E-state index contributed by atoms with van der Waals surface area (Å²) in [7, 11) is 1.59. The number of ether oxygens (including phenoxy) is 1. The number of H-pyrrole nitrogens is 1. The molecule has 0 aliphatic carbocycles. The Bertz CT molecular complexity index is 975. The van der Waals surface area contributed by atoms with Crippen LogP contribution in [0.3, 0.4) is 0 Å². The van der Waals surface area contributed by atoms with Crippen molar-refractivity contribution in [2.45, 2.75) is 6.54 Å². The van der Waals surface area contributed by atoms with Crippen molar-refractivity contribution in [2.75, 3.05) is 13.7 Å². The van der Waals surface area contributed by atoms with Gasteiger partial charge >= 0.3 is 0 Å². The molecule has 3 rings (SSSR count). The van der Waals surface area contributed by atoms with Crippen LogP contribution in [0, 0.1) is 4.77 Å². The number of aromatic amines is 1. The predicted octanol–water partition coefficient (Wildman–Crippen LogP) is 2.73. The van der Waals surface area contributed by atoms with E-state index >= 15 is 0 Å².